The minimum atomic E-state index is 0.404. The van der Waals surface area contributed by atoms with Gasteiger partial charge in [-0.15, -0.1) is 5.10 Å². The SMILES string of the molecule is Cc1ccc(-c2cnnn2CC(N)=S)c(C)c1. The Balaban J connectivity index is 2.46. The van der Waals surface area contributed by atoms with Gasteiger partial charge in [0.25, 0.3) is 0 Å². The van der Waals surface area contributed by atoms with Crippen molar-refractivity contribution in [3.63, 3.8) is 0 Å². The lowest BCUT2D eigenvalue weighted by Gasteiger charge is -2.08. The Morgan fingerprint density at radius 1 is 1.41 bits per heavy atom. The topological polar surface area (TPSA) is 56.7 Å². The minimum absolute atomic E-state index is 0.404. The molecule has 2 aromatic rings. The Morgan fingerprint density at radius 3 is 2.82 bits per heavy atom. The first-order valence-corrected chi connectivity index (χ1v) is 5.73. The molecule has 1 aromatic heterocycles. The van der Waals surface area contributed by atoms with Crippen LogP contribution in [0.25, 0.3) is 11.3 Å². The van der Waals surface area contributed by atoms with Gasteiger partial charge in [0.1, 0.15) is 0 Å². The zero-order valence-electron chi connectivity index (χ0n) is 9.84. The van der Waals surface area contributed by atoms with E-state index >= 15 is 0 Å². The van der Waals surface area contributed by atoms with Gasteiger partial charge in [-0.05, 0) is 19.4 Å². The molecule has 0 bridgehead atoms. The molecule has 1 aromatic carbocycles. The van der Waals surface area contributed by atoms with E-state index in [-0.39, 0.29) is 0 Å². The maximum atomic E-state index is 5.54. The molecule has 0 saturated heterocycles. The molecule has 0 amide bonds. The first-order valence-electron chi connectivity index (χ1n) is 5.32. The summed E-state index contributed by atoms with van der Waals surface area (Å²) in [5.74, 6) is 0. The lowest BCUT2D eigenvalue weighted by atomic mass is 10.0. The maximum absolute atomic E-state index is 5.54. The molecule has 0 fully saturated rings. The Hall–Kier alpha value is -1.75. The van der Waals surface area contributed by atoms with Crippen LogP contribution in [0.2, 0.25) is 0 Å². The van der Waals surface area contributed by atoms with Crippen LogP contribution in [0.15, 0.2) is 24.4 Å². The van der Waals surface area contributed by atoms with Gasteiger partial charge in [-0.2, -0.15) is 0 Å². The summed E-state index contributed by atoms with van der Waals surface area (Å²) in [7, 11) is 0. The Bertz CT molecular complexity index is 559. The second-order valence-corrected chi connectivity index (χ2v) is 4.59. The number of hydrogen-bond acceptors (Lipinski definition) is 3. The van der Waals surface area contributed by atoms with Gasteiger partial charge in [-0.1, -0.05) is 41.2 Å². The van der Waals surface area contributed by atoms with Crippen molar-refractivity contribution in [3.8, 4) is 11.3 Å². The van der Waals surface area contributed by atoms with Gasteiger partial charge in [-0.3, -0.25) is 0 Å². The zero-order valence-corrected chi connectivity index (χ0v) is 10.7. The monoisotopic (exact) mass is 246 g/mol. The first kappa shape index (κ1) is 11.7. The summed E-state index contributed by atoms with van der Waals surface area (Å²) >= 11 is 4.90. The lowest BCUT2D eigenvalue weighted by Crippen LogP contribution is -2.18. The van der Waals surface area contributed by atoms with Crippen molar-refractivity contribution in [2.45, 2.75) is 20.4 Å². The van der Waals surface area contributed by atoms with Gasteiger partial charge in [-0.25, -0.2) is 4.68 Å². The molecule has 0 aliphatic heterocycles. The number of nitrogens with zero attached hydrogens (tertiary/aromatic N) is 3. The van der Waals surface area contributed by atoms with Crippen LogP contribution < -0.4 is 5.73 Å². The van der Waals surface area contributed by atoms with Gasteiger partial charge in [0, 0.05) is 5.56 Å². The minimum Gasteiger partial charge on any atom is -0.392 e. The van der Waals surface area contributed by atoms with Crippen LogP contribution in [-0.2, 0) is 6.54 Å². The van der Waals surface area contributed by atoms with E-state index in [1.807, 2.05) is 0 Å². The van der Waals surface area contributed by atoms with Crippen LogP contribution in [0.4, 0.5) is 0 Å². The number of aromatic nitrogens is 3. The Morgan fingerprint density at radius 2 is 2.18 bits per heavy atom. The second kappa shape index (κ2) is 4.63. The highest BCUT2D eigenvalue weighted by Gasteiger charge is 2.09. The molecule has 88 valence electrons. The third-order valence-electron chi connectivity index (χ3n) is 2.58. The molecule has 0 saturated carbocycles. The highest BCUT2D eigenvalue weighted by molar-refractivity contribution is 7.80. The number of hydrogen-bond donors (Lipinski definition) is 1. The van der Waals surface area contributed by atoms with E-state index in [1.165, 1.54) is 11.1 Å². The second-order valence-electron chi connectivity index (χ2n) is 4.06. The molecular formula is C12H14N4S. The quantitative estimate of drug-likeness (QED) is 0.840. The molecular weight excluding hydrogens is 232 g/mol. The van der Waals surface area contributed by atoms with E-state index in [0.717, 1.165) is 11.3 Å². The highest BCUT2D eigenvalue weighted by Crippen LogP contribution is 2.23. The summed E-state index contributed by atoms with van der Waals surface area (Å²) in [5.41, 5.74) is 10.0. The van der Waals surface area contributed by atoms with Gasteiger partial charge in [0.15, 0.2) is 0 Å². The fraction of sp³-hybridized carbons (Fsp3) is 0.250. The molecule has 0 aliphatic rings. The standard InChI is InChI=1S/C12H14N4S/c1-8-3-4-10(9(2)5-8)11-6-14-15-16(11)7-12(13)17/h3-6H,7H2,1-2H3,(H2,13,17). The molecule has 0 unspecified atom stereocenters. The summed E-state index contributed by atoms with van der Waals surface area (Å²) in [6, 6.07) is 6.27. The van der Waals surface area contributed by atoms with Gasteiger partial charge in [0.05, 0.1) is 23.4 Å². The van der Waals surface area contributed by atoms with Crippen molar-refractivity contribution in [1.82, 2.24) is 15.0 Å². The van der Waals surface area contributed by atoms with E-state index in [1.54, 1.807) is 10.9 Å². The molecule has 0 atom stereocenters. The number of nitrogens with two attached hydrogens (primary N) is 1. The lowest BCUT2D eigenvalue weighted by molar-refractivity contribution is 0.687. The van der Waals surface area contributed by atoms with E-state index in [2.05, 4.69) is 42.4 Å². The number of thiocarbonyl (C=S) groups is 1. The molecule has 17 heavy (non-hydrogen) atoms. The van der Waals surface area contributed by atoms with Crippen molar-refractivity contribution in [2.75, 3.05) is 0 Å². The van der Waals surface area contributed by atoms with Crippen molar-refractivity contribution in [1.29, 1.82) is 0 Å². The summed E-state index contributed by atoms with van der Waals surface area (Å²) in [6.07, 6.45) is 1.73. The van der Waals surface area contributed by atoms with Crippen molar-refractivity contribution in [3.05, 3.63) is 35.5 Å². The van der Waals surface area contributed by atoms with Crippen LogP contribution in [0.3, 0.4) is 0 Å². The molecule has 4 nitrogen and oxygen atoms in total. The summed E-state index contributed by atoms with van der Waals surface area (Å²) in [5, 5.41) is 7.91. The Kier molecular flexibility index (Phi) is 3.19. The highest BCUT2D eigenvalue weighted by atomic mass is 32.1. The van der Waals surface area contributed by atoms with Crippen LogP contribution in [0.5, 0.6) is 0 Å². The Labute approximate surface area is 105 Å². The van der Waals surface area contributed by atoms with Crippen molar-refractivity contribution in [2.24, 2.45) is 5.73 Å². The fourth-order valence-corrected chi connectivity index (χ4v) is 1.95. The van der Waals surface area contributed by atoms with Crippen LogP contribution >= 0.6 is 12.2 Å². The van der Waals surface area contributed by atoms with Crippen LogP contribution in [-0.4, -0.2) is 20.0 Å². The first-order chi connectivity index (χ1) is 8.08. The summed E-state index contributed by atoms with van der Waals surface area (Å²) in [4.78, 5) is 0.404. The van der Waals surface area contributed by atoms with Crippen molar-refractivity contribution < 1.29 is 0 Å². The van der Waals surface area contributed by atoms with E-state index in [4.69, 9.17) is 18.0 Å². The van der Waals surface area contributed by atoms with Gasteiger partial charge in [0.2, 0.25) is 0 Å². The van der Waals surface area contributed by atoms with Gasteiger partial charge >= 0.3 is 0 Å². The molecule has 0 radical (unpaired) electrons. The molecule has 2 rings (SSSR count). The third-order valence-corrected chi connectivity index (χ3v) is 2.71. The van der Waals surface area contributed by atoms with E-state index in [0.29, 0.717) is 11.5 Å². The number of benzene rings is 1. The summed E-state index contributed by atoms with van der Waals surface area (Å²) < 4.78 is 1.72. The van der Waals surface area contributed by atoms with Crippen molar-refractivity contribution >= 4 is 17.2 Å². The van der Waals surface area contributed by atoms with E-state index < -0.39 is 0 Å². The molecule has 0 aliphatic carbocycles. The van der Waals surface area contributed by atoms with Gasteiger partial charge < -0.3 is 5.73 Å². The average Bonchev–Trinajstić information content (AvgIpc) is 2.65. The average molecular weight is 246 g/mol. The molecule has 0 spiro atoms. The largest absolute Gasteiger partial charge is 0.392 e. The molecule has 1 heterocycles. The molecule has 2 N–H and O–H groups in total. The predicted octanol–water partition coefficient (Wildman–Crippen LogP) is 1.85. The van der Waals surface area contributed by atoms with E-state index in [9.17, 15) is 0 Å². The summed E-state index contributed by atoms with van der Waals surface area (Å²) in [6.45, 7) is 4.56. The molecule has 5 heteroatoms. The fourth-order valence-electron chi connectivity index (χ4n) is 1.83. The van der Waals surface area contributed by atoms with Crippen LogP contribution in [0.1, 0.15) is 11.1 Å². The maximum Gasteiger partial charge on any atom is 0.0946 e. The van der Waals surface area contributed by atoms with Crippen LogP contribution in [0, 0.1) is 13.8 Å². The number of aryl methyl sites for hydroxylation is 2. The predicted molar refractivity (Wildman–Crippen MR) is 71.7 cm³/mol. The smallest absolute Gasteiger partial charge is 0.0946 e. The number of rotatable bonds is 3. The normalized spacial score (nSPS) is 10.5. The zero-order chi connectivity index (χ0) is 12.4. The third kappa shape index (κ3) is 2.50.